The zero-order chi connectivity index (χ0) is 10.9. The van der Waals surface area contributed by atoms with Crippen LogP contribution < -0.4 is 0 Å². The summed E-state index contributed by atoms with van der Waals surface area (Å²) >= 11 is 2.93. The average Bonchev–Trinajstić information content (AvgIpc) is 2.07. The van der Waals surface area contributed by atoms with Crippen LogP contribution in [0.5, 0.6) is 0 Å². The predicted molar refractivity (Wildman–Crippen MR) is 53.9 cm³/mol. The van der Waals surface area contributed by atoms with E-state index in [9.17, 15) is 14.4 Å². The average molecular weight is 262 g/mol. The molecule has 0 heterocycles. The minimum atomic E-state index is -1.11. The van der Waals surface area contributed by atoms with Gasteiger partial charge in [0.25, 0.3) is 0 Å². The Hall–Kier alpha value is -0.780. The van der Waals surface area contributed by atoms with Crippen LogP contribution in [0.15, 0.2) is 22.7 Å². The highest BCUT2D eigenvalue weighted by Gasteiger charge is 2.22. The van der Waals surface area contributed by atoms with Crippen molar-refractivity contribution in [2.24, 2.45) is 0 Å². The van der Waals surface area contributed by atoms with Gasteiger partial charge in [-0.1, -0.05) is 6.07 Å². The topological polar surface area (TPSA) is 40.1 Å². The molecule has 1 rings (SSSR count). The molecule has 14 heavy (non-hydrogen) atoms. The number of halogens is 2. The lowest BCUT2D eigenvalue weighted by atomic mass is 10.2. The van der Waals surface area contributed by atoms with E-state index in [1.54, 1.807) is 0 Å². The van der Waals surface area contributed by atoms with Crippen molar-refractivity contribution in [3.05, 3.63) is 39.3 Å². The fourth-order valence-electron chi connectivity index (χ4n) is 0.959. The number of hydrogen-bond donors (Lipinski definition) is 0. The van der Waals surface area contributed by atoms with Gasteiger partial charge in [-0.05, 0) is 28.1 Å². The first-order valence-corrected chi connectivity index (χ1v) is 4.67. The van der Waals surface area contributed by atoms with E-state index < -0.39 is 16.4 Å². The van der Waals surface area contributed by atoms with Gasteiger partial charge in [0.1, 0.15) is 5.82 Å². The number of carbonyl (C=O) groups excluding carboxylic acids is 1. The quantitative estimate of drug-likeness (QED) is 0.575. The van der Waals surface area contributed by atoms with Gasteiger partial charge in [0.05, 0.1) is 24.1 Å². The van der Waals surface area contributed by atoms with Gasteiger partial charge in [0.15, 0.2) is 0 Å². The second-order valence-electron chi connectivity index (χ2n) is 3.26. The highest BCUT2D eigenvalue weighted by atomic mass is 79.9. The molecule has 0 aliphatic rings. The summed E-state index contributed by atoms with van der Waals surface area (Å²) in [6, 6.07) is 4.02. The lowest BCUT2D eigenvalue weighted by Gasteiger charge is -2.30. The number of benzene rings is 1. The zero-order valence-corrected chi connectivity index (χ0v) is 9.34. The SMILES string of the molecule is C[N+](C)([O-])C(=O)c1cccc(F)c1Br. The molecular weight excluding hydrogens is 253 g/mol. The van der Waals surface area contributed by atoms with E-state index >= 15 is 0 Å². The highest BCUT2D eigenvalue weighted by molar-refractivity contribution is 9.10. The third-order valence-electron chi connectivity index (χ3n) is 1.67. The summed E-state index contributed by atoms with van der Waals surface area (Å²) in [6.45, 7) is 0. The first kappa shape index (κ1) is 11.3. The lowest BCUT2D eigenvalue weighted by molar-refractivity contribution is -0.752. The zero-order valence-electron chi connectivity index (χ0n) is 7.75. The molecule has 0 spiro atoms. The summed E-state index contributed by atoms with van der Waals surface area (Å²) < 4.78 is 11.9. The molecule has 0 saturated carbocycles. The Kier molecular flexibility index (Phi) is 3.04. The van der Waals surface area contributed by atoms with Crippen molar-refractivity contribution < 1.29 is 13.8 Å². The number of amides is 1. The first-order chi connectivity index (χ1) is 6.34. The number of rotatable bonds is 1. The molecule has 5 heteroatoms. The van der Waals surface area contributed by atoms with Crippen molar-refractivity contribution in [2.45, 2.75) is 0 Å². The minimum absolute atomic E-state index is 0.0343. The van der Waals surface area contributed by atoms with Crippen molar-refractivity contribution in [1.82, 2.24) is 0 Å². The second kappa shape index (κ2) is 3.76. The van der Waals surface area contributed by atoms with Crippen LogP contribution in [0.4, 0.5) is 4.39 Å². The van der Waals surface area contributed by atoms with Gasteiger partial charge in [-0.2, -0.15) is 0 Å². The maximum atomic E-state index is 13.0. The molecule has 3 nitrogen and oxygen atoms in total. The normalized spacial score (nSPS) is 11.5. The molecule has 1 aromatic carbocycles. The first-order valence-electron chi connectivity index (χ1n) is 3.88. The van der Waals surface area contributed by atoms with Crippen LogP contribution in [-0.4, -0.2) is 24.6 Å². The monoisotopic (exact) mass is 261 g/mol. The van der Waals surface area contributed by atoms with Crippen molar-refractivity contribution in [3.8, 4) is 0 Å². The van der Waals surface area contributed by atoms with Crippen LogP contribution in [0, 0.1) is 11.0 Å². The van der Waals surface area contributed by atoms with Gasteiger partial charge in [-0.15, -0.1) is 0 Å². The van der Waals surface area contributed by atoms with Gasteiger partial charge in [0.2, 0.25) is 0 Å². The molecule has 0 saturated heterocycles. The Balaban J connectivity index is 3.21. The van der Waals surface area contributed by atoms with Crippen LogP contribution in [-0.2, 0) is 0 Å². The van der Waals surface area contributed by atoms with Gasteiger partial charge in [-0.3, -0.25) is 4.65 Å². The summed E-state index contributed by atoms with van der Waals surface area (Å²) in [6.07, 6.45) is 0. The minimum Gasteiger partial charge on any atom is -0.625 e. The summed E-state index contributed by atoms with van der Waals surface area (Å²) in [4.78, 5) is 11.5. The van der Waals surface area contributed by atoms with E-state index in [2.05, 4.69) is 15.9 Å². The number of hydrogen-bond acceptors (Lipinski definition) is 2. The molecule has 1 aromatic rings. The van der Waals surface area contributed by atoms with Gasteiger partial charge < -0.3 is 5.21 Å². The van der Waals surface area contributed by atoms with Crippen LogP contribution in [0.25, 0.3) is 0 Å². The van der Waals surface area contributed by atoms with E-state index in [4.69, 9.17) is 0 Å². The maximum Gasteiger partial charge on any atom is 0.346 e. The fourth-order valence-corrected chi connectivity index (χ4v) is 1.39. The summed E-state index contributed by atoms with van der Waals surface area (Å²) in [5.41, 5.74) is 0.0602. The van der Waals surface area contributed by atoms with Crippen LogP contribution in [0.1, 0.15) is 10.4 Å². The van der Waals surface area contributed by atoms with E-state index in [1.165, 1.54) is 32.3 Å². The molecule has 0 N–H and O–H groups in total. The lowest BCUT2D eigenvalue weighted by Crippen LogP contribution is -2.39. The van der Waals surface area contributed by atoms with E-state index in [0.717, 1.165) is 0 Å². The van der Waals surface area contributed by atoms with Crippen molar-refractivity contribution in [2.75, 3.05) is 14.1 Å². The molecule has 0 aromatic heterocycles. The summed E-state index contributed by atoms with van der Waals surface area (Å²) in [5.74, 6) is -1.24. The van der Waals surface area contributed by atoms with Crippen LogP contribution in [0.2, 0.25) is 0 Å². The molecule has 1 amide bonds. The second-order valence-corrected chi connectivity index (χ2v) is 4.05. The maximum absolute atomic E-state index is 13.0. The summed E-state index contributed by atoms with van der Waals surface area (Å²) in [5, 5.41) is 11.3. The van der Waals surface area contributed by atoms with E-state index in [1.807, 2.05) is 0 Å². The Morgan fingerprint density at radius 1 is 1.50 bits per heavy atom. The molecule has 0 fully saturated rings. The van der Waals surface area contributed by atoms with Gasteiger partial charge in [0, 0.05) is 0 Å². The number of hydroxylamine groups is 3. The molecule has 0 bridgehead atoms. The number of carbonyl (C=O) groups is 1. The fraction of sp³-hybridized carbons (Fsp3) is 0.222. The number of nitrogens with zero attached hydrogens (tertiary/aromatic N) is 1. The van der Waals surface area contributed by atoms with Crippen molar-refractivity contribution >= 4 is 21.8 Å². The molecule has 0 aliphatic heterocycles. The Labute approximate surface area is 89.4 Å². The van der Waals surface area contributed by atoms with Crippen LogP contribution >= 0.6 is 15.9 Å². The standard InChI is InChI=1S/C9H9BrFNO2/c1-12(2,14)9(13)6-4-3-5-7(11)8(6)10/h3-5H,1-2H3. The molecule has 0 aliphatic carbocycles. The molecule has 0 atom stereocenters. The largest absolute Gasteiger partial charge is 0.625 e. The van der Waals surface area contributed by atoms with E-state index in [0.29, 0.717) is 0 Å². The number of quaternary nitrogens is 1. The predicted octanol–water partition coefficient (Wildman–Crippen LogP) is 2.30. The van der Waals surface area contributed by atoms with Crippen LogP contribution in [0.3, 0.4) is 0 Å². The van der Waals surface area contributed by atoms with Crippen molar-refractivity contribution in [1.29, 1.82) is 0 Å². The van der Waals surface area contributed by atoms with Crippen molar-refractivity contribution in [3.63, 3.8) is 0 Å². The smallest absolute Gasteiger partial charge is 0.346 e. The van der Waals surface area contributed by atoms with Gasteiger partial charge in [-0.25, -0.2) is 9.18 Å². The molecule has 0 radical (unpaired) electrons. The highest BCUT2D eigenvalue weighted by Crippen LogP contribution is 2.22. The third kappa shape index (κ3) is 2.17. The molecular formula is C9H9BrFNO2. The van der Waals surface area contributed by atoms with Gasteiger partial charge >= 0.3 is 5.91 Å². The summed E-state index contributed by atoms with van der Waals surface area (Å²) in [7, 11) is 2.39. The molecule has 0 unspecified atom stereocenters. The van der Waals surface area contributed by atoms with E-state index in [-0.39, 0.29) is 10.0 Å². The Morgan fingerprint density at radius 2 is 2.07 bits per heavy atom. The molecule has 76 valence electrons. The third-order valence-corrected chi connectivity index (χ3v) is 2.48. The Bertz CT molecular complexity index is 374. The Morgan fingerprint density at radius 3 is 2.57 bits per heavy atom.